The summed E-state index contributed by atoms with van der Waals surface area (Å²) in [7, 11) is 0. The second-order valence-electron chi connectivity index (χ2n) is 10.9. The molecular weight excluding hydrogens is 526 g/mol. The maximum absolute atomic E-state index is 14.7. The van der Waals surface area contributed by atoms with E-state index in [0.717, 1.165) is 69.1 Å². The summed E-state index contributed by atoms with van der Waals surface area (Å²) in [5.41, 5.74) is -0.128. The predicted octanol–water partition coefficient (Wildman–Crippen LogP) is 9.28. The molecule has 2 aliphatic carbocycles. The van der Waals surface area contributed by atoms with Gasteiger partial charge in [-0.25, -0.2) is 4.39 Å². The molecule has 0 unspecified atom stereocenters. The minimum Gasteiger partial charge on any atom is -0.313 e. The van der Waals surface area contributed by atoms with Crippen LogP contribution in [0.15, 0.2) is 42.5 Å². The van der Waals surface area contributed by atoms with Crippen molar-refractivity contribution in [2.45, 2.75) is 89.5 Å². The molecule has 2 aromatic rings. The van der Waals surface area contributed by atoms with E-state index in [0.29, 0.717) is 12.8 Å². The van der Waals surface area contributed by atoms with E-state index in [2.05, 4.69) is 30.6 Å². The molecule has 2 aromatic carbocycles. The van der Waals surface area contributed by atoms with Crippen LogP contribution in [-0.4, -0.2) is 6.10 Å². The van der Waals surface area contributed by atoms with E-state index < -0.39 is 29.8 Å². The van der Waals surface area contributed by atoms with Gasteiger partial charge < -0.3 is 4.74 Å². The van der Waals surface area contributed by atoms with Crippen molar-refractivity contribution >= 4 is 0 Å². The average molecular weight is 561 g/mol. The van der Waals surface area contributed by atoms with Crippen molar-refractivity contribution in [3.8, 4) is 23.7 Å². The van der Waals surface area contributed by atoms with Crippen molar-refractivity contribution < 1.29 is 31.1 Å². The van der Waals surface area contributed by atoms with Crippen LogP contribution in [0.5, 0.6) is 0 Å². The molecule has 0 spiro atoms. The molecule has 0 amide bonds. The second-order valence-corrected chi connectivity index (χ2v) is 10.9. The van der Waals surface area contributed by atoms with Gasteiger partial charge in [-0.3, -0.25) is 0 Å². The smallest absolute Gasteiger partial charge is 0.313 e. The summed E-state index contributed by atoms with van der Waals surface area (Å²) in [5, 5.41) is 0. The van der Waals surface area contributed by atoms with E-state index >= 15 is 0 Å². The van der Waals surface area contributed by atoms with Crippen LogP contribution in [0, 0.1) is 47.3 Å². The van der Waals surface area contributed by atoms with E-state index in [1.165, 1.54) is 18.2 Å². The number of rotatable bonds is 5. The Kier molecular flexibility index (Phi) is 9.90. The summed E-state index contributed by atoms with van der Waals surface area (Å²) < 4.78 is 86.5. The summed E-state index contributed by atoms with van der Waals surface area (Å²) in [4.78, 5) is 0. The van der Waals surface area contributed by atoms with Gasteiger partial charge >= 0.3 is 12.3 Å². The molecule has 2 aliphatic rings. The van der Waals surface area contributed by atoms with Crippen LogP contribution in [0.4, 0.5) is 26.3 Å². The van der Waals surface area contributed by atoms with Crippen molar-refractivity contribution in [2.24, 2.45) is 17.8 Å². The van der Waals surface area contributed by atoms with Gasteiger partial charge in [-0.05, 0) is 81.5 Å². The van der Waals surface area contributed by atoms with Gasteiger partial charge in [-0.2, -0.15) is 22.0 Å². The maximum atomic E-state index is 14.7. The highest BCUT2D eigenvalue weighted by molar-refractivity contribution is 5.38. The van der Waals surface area contributed by atoms with Crippen LogP contribution in [0.1, 0.15) is 87.0 Å². The van der Waals surface area contributed by atoms with Gasteiger partial charge in [0.2, 0.25) is 0 Å². The number of aryl methyl sites for hydroxylation is 1. The molecule has 0 radical (unpaired) electrons. The normalized spacial score (nSPS) is 23.5. The fraction of sp³-hybridized carbons (Fsp3) is 0.515. The van der Waals surface area contributed by atoms with Crippen LogP contribution < -0.4 is 0 Å². The molecule has 1 nitrogen and oxygen atoms in total. The second kappa shape index (κ2) is 13.2. The number of hydrogen-bond acceptors (Lipinski definition) is 1. The molecule has 2 saturated carbocycles. The SMILES string of the molecule is CCCc1ccc(C(F)(F)OC2CCC(C#CC3CCC(C#Cc4ccc(C(F)(F)F)c(F)c4)CC3)CC2)cc1. The first-order valence-electron chi connectivity index (χ1n) is 14.1. The zero-order valence-electron chi connectivity index (χ0n) is 22.6. The molecule has 0 aliphatic heterocycles. The first-order valence-corrected chi connectivity index (χ1v) is 14.1. The third-order valence-electron chi connectivity index (χ3n) is 7.73. The number of halogens is 6. The lowest BCUT2D eigenvalue weighted by molar-refractivity contribution is -0.277. The van der Waals surface area contributed by atoms with E-state index in [4.69, 9.17) is 4.74 Å². The standard InChI is InChI=1S/C33H34F6O/c1-2-3-23-12-17-28(18-13-23)33(38,39)40-29-19-14-26(15-20-29)9-8-24-4-6-25(7-5-24)10-11-27-16-21-30(31(34)22-27)32(35,36)37/h12-13,16-18,21-22,24-26,29H,2-7,14-15,19-20H2,1H3. The molecule has 0 aromatic heterocycles. The van der Waals surface area contributed by atoms with Crippen molar-refractivity contribution in [1.29, 1.82) is 0 Å². The van der Waals surface area contributed by atoms with Gasteiger partial charge in [-0.15, -0.1) is 0 Å². The number of ether oxygens (including phenoxy) is 1. The van der Waals surface area contributed by atoms with E-state index in [-0.39, 0.29) is 28.9 Å². The molecule has 0 N–H and O–H groups in total. The highest BCUT2D eigenvalue weighted by Gasteiger charge is 2.37. The lowest BCUT2D eigenvalue weighted by Gasteiger charge is -2.29. The molecule has 40 heavy (non-hydrogen) atoms. The quantitative estimate of drug-likeness (QED) is 0.262. The highest BCUT2D eigenvalue weighted by atomic mass is 19.4. The van der Waals surface area contributed by atoms with Gasteiger partial charge in [0.25, 0.3) is 0 Å². The van der Waals surface area contributed by atoms with Crippen molar-refractivity contribution in [1.82, 2.24) is 0 Å². The maximum Gasteiger partial charge on any atom is 0.419 e. The van der Waals surface area contributed by atoms with Gasteiger partial charge in [-0.1, -0.05) is 61.3 Å². The summed E-state index contributed by atoms with van der Waals surface area (Å²) in [6.07, 6.45) is -0.745. The van der Waals surface area contributed by atoms with Gasteiger partial charge in [0, 0.05) is 23.3 Å². The Labute approximate surface area is 232 Å². The molecule has 0 heterocycles. The third-order valence-corrected chi connectivity index (χ3v) is 7.73. The Morgan fingerprint density at radius 1 is 0.750 bits per heavy atom. The van der Waals surface area contributed by atoms with Crippen LogP contribution in [0.2, 0.25) is 0 Å². The number of benzene rings is 2. The highest BCUT2D eigenvalue weighted by Crippen LogP contribution is 2.36. The van der Waals surface area contributed by atoms with E-state index in [1.807, 2.05) is 0 Å². The molecular formula is C33H34F6O. The first kappa shape index (κ1) is 30.1. The van der Waals surface area contributed by atoms with Crippen molar-refractivity contribution in [2.75, 3.05) is 0 Å². The number of alkyl halides is 5. The minimum absolute atomic E-state index is 0.0977. The molecule has 214 valence electrons. The van der Waals surface area contributed by atoms with Crippen LogP contribution in [-0.2, 0) is 23.4 Å². The van der Waals surface area contributed by atoms with E-state index in [9.17, 15) is 26.3 Å². The van der Waals surface area contributed by atoms with Crippen molar-refractivity contribution in [3.63, 3.8) is 0 Å². The third kappa shape index (κ3) is 8.31. The Hall–Kier alpha value is -2.90. The van der Waals surface area contributed by atoms with Crippen LogP contribution in [0.25, 0.3) is 0 Å². The summed E-state index contributed by atoms with van der Waals surface area (Å²) in [5.74, 6) is 11.8. The molecule has 0 atom stereocenters. The topological polar surface area (TPSA) is 9.23 Å². The summed E-state index contributed by atoms with van der Waals surface area (Å²) in [6, 6.07) is 9.14. The molecule has 2 fully saturated rings. The van der Waals surface area contributed by atoms with Gasteiger partial charge in [0.15, 0.2) is 0 Å². The van der Waals surface area contributed by atoms with Gasteiger partial charge in [0.1, 0.15) is 5.82 Å². The number of hydrogen-bond donors (Lipinski definition) is 0. The molecule has 0 bridgehead atoms. The predicted molar refractivity (Wildman–Crippen MR) is 143 cm³/mol. The van der Waals surface area contributed by atoms with Crippen molar-refractivity contribution in [3.05, 3.63) is 70.5 Å². The largest absolute Gasteiger partial charge is 0.419 e. The molecule has 4 rings (SSSR count). The Balaban J connectivity index is 1.20. The fourth-order valence-electron chi connectivity index (χ4n) is 5.38. The Bertz CT molecular complexity index is 1240. The molecule has 0 saturated heterocycles. The van der Waals surface area contributed by atoms with E-state index in [1.54, 1.807) is 12.1 Å². The Morgan fingerprint density at radius 3 is 1.82 bits per heavy atom. The molecule has 7 heteroatoms. The first-order chi connectivity index (χ1) is 19.0. The zero-order valence-corrected chi connectivity index (χ0v) is 22.6. The zero-order chi connectivity index (χ0) is 28.8. The van der Waals surface area contributed by atoms with Crippen LogP contribution in [0.3, 0.4) is 0 Å². The Morgan fingerprint density at radius 2 is 1.30 bits per heavy atom. The average Bonchev–Trinajstić information content (AvgIpc) is 2.92. The minimum atomic E-state index is -4.72. The lowest BCUT2D eigenvalue weighted by Crippen LogP contribution is -2.29. The lowest BCUT2D eigenvalue weighted by atomic mass is 9.81. The fourth-order valence-corrected chi connectivity index (χ4v) is 5.38. The van der Waals surface area contributed by atoms with Crippen LogP contribution >= 0.6 is 0 Å². The summed E-state index contributed by atoms with van der Waals surface area (Å²) in [6.45, 7) is 2.05. The summed E-state index contributed by atoms with van der Waals surface area (Å²) >= 11 is 0. The monoisotopic (exact) mass is 560 g/mol. The van der Waals surface area contributed by atoms with Gasteiger partial charge in [0.05, 0.1) is 17.2 Å².